The van der Waals surface area contributed by atoms with Gasteiger partial charge in [-0.15, -0.1) is 48.0 Å². The Morgan fingerprint density at radius 1 is 0.733 bits per heavy atom. The van der Waals surface area contributed by atoms with Gasteiger partial charge < -0.3 is 9.97 Å². The summed E-state index contributed by atoms with van der Waals surface area (Å²) in [5, 5.41) is 4.43. The number of fused-ring (bicyclic) bond motifs is 5. The van der Waals surface area contributed by atoms with Gasteiger partial charge in [0.15, 0.2) is 0 Å². The Morgan fingerprint density at radius 2 is 1.50 bits per heavy atom. The molecule has 3 heterocycles. The van der Waals surface area contributed by atoms with Crippen LogP contribution >= 0.6 is 0 Å². The summed E-state index contributed by atoms with van der Waals surface area (Å²) in [6.07, 6.45) is 5.13. The van der Waals surface area contributed by atoms with E-state index < -0.39 is 0 Å². The third-order valence-corrected chi connectivity index (χ3v) is 5.22. The molecule has 144 valence electrons. The number of rotatable bonds is 2. The summed E-state index contributed by atoms with van der Waals surface area (Å²) in [6, 6.07) is 26.1. The van der Waals surface area contributed by atoms with E-state index >= 15 is 0 Å². The van der Waals surface area contributed by atoms with Gasteiger partial charge in [-0.2, -0.15) is 0 Å². The van der Waals surface area contributed by atoms with E-state index in [0.717, 1.165) is 55.1 Å². The number of benzene rings is 3. The Balaban J connectivity index is 0.00000193. The Kier molecular flexibility index (Phi) is 4.65. The van der Waals surface area contributed by atoms with Crippen LogP contribution < -0.4 is 4.98 Å². The Morgan fingerprint density at radius 3 is 2.33 bits per heavy atom. The van der Waals surface area contributed by atoms with Crippen molar-refractivity contribution in [3.05, 3.63) is 91.5 Å². The van der Waals surface area contributed by atoms with Gasteiger partial charge in [-0.3, -0.25) is 9.97 Å². The van der Waals surface area contributed by atoms with Crippen molar-refractivity contribution < 1.29 is 21.1 Å². The van der Waals surface area contributed by atoms with E-state index in [1.165, 1.54) is 0 Å². The van der Waals surface area contributed by atoms with Crippen molar-refractivity contribution in [1.82, 2.24) is 19.9 Å². The van der Waals surface area contributed by atoms with Crippen LogP contribution in [0.2, 0.25) is 0 Å². The Hall–Kier alpha value is -3.36. The molecule has 0 spiro atoms. The predicted octanol–water partition coefficient (Wildman–Crippen LogP) is 5.42. The molecule has 6 aromatic rings. The van der Waals surface area contributed by atoms with E-state index in [0.29, 0.717) is 0 Å². The molecule has 5 heteroatoms. The van der Waals surface area contributed by atoms with Crippen LogP contribution in [0.5, 0.6) is 0 Å². The van der Waals surface area contributed by atoms with Crippen LogP contribution in [0.25, 0.3) is 55.1 Å². The van der Waals surface area contributed by atoms with E-state index in [4.69, 9.17) is 4.98 Å². The summed E-state index contributed by atoms with van der Waals surface area (Å²) in [5.41, 5.74) is 5.46. The zero-order chi connectivity index (χ0) is 19.2. The summed E-state index contributed by atoms with van der Waals surface area (Å²) >= 11 is 0. The topological polar surface area (TPSA) is 52.8 Å². The second kappa shape index (κ2) is 7.47. The summed E-state index contributed by atoms with van der Waals surface area (Å²) in [5.74, 6) is 0. The van der Waals surface area contributed by atoms with Gasteiger partial charge in [-0.25, -0.2) is 0 Å². The van der Waals surface area contributed by atoms with Gasteiger partial charge in [-0.1, -0.05) is 48.0 Å². The standard InChI is InChI=1S/C25H14N4.Pt/c1-3-19(13-20(4-1)22-14-26-15-28-22)21-11-10-18-9-7-16-6-8-17-5-2-12-27-24(17)23(16)25(18)29-21;/h1-12,14-15H;/q-2;+2. The monoisotopic (exact) mass is 565 g/mol. The number of aromatic nitrogens is 4. The van der Waals surface area contributed by atoms with Crippen LogP contribution in [-0.2, 0) is 21.1 Å². The van der Waals surface area contributed by atoms with E-state index in [9.17, 15) is 0 Å². The largest absolute Gasteiger partial charge is 2.00 e. The average Bonchev–Trinajstić information content (AvgIpc) is 3.33. The number of imidazole rings is 1. The third-order valence-electron chi connectivity index (χ3n) is 5.22. The molecule has 0 aliphatic heterocycles. The molecule has 30 heavy (non-hydrogen) atoms. The molecular formula is C25H14N4Pt. The minimum atomic E-state index is 0. The van der Waals surface area contributed by atoms with E-state index in [1.54, 1.807) is 12.5 Å². The molecule has 0 fully saturated rings. The van der Waals surface area contributed by atoms with Gasteiger partial charge in [0, 0.05) is 22.7 Å². The van der Waals surface area contributed by atoms with Gasteiger partial charge in [0.25, 0.3) is 0 Å². The first-order chi connectivity index (χ1) is 14.4. The van der Waals surface area contributed by atoms with Gasteiger partial charge in [0.1, 0.15) is 0 Å². The van der Waals surface area contributed by atoms with Crippen molar-refractivity contribution in [3.63, 3.8) is 0 Å². The number of hydrogen-bond acceptors (Lipinski definition) is 3. The average molecular weight is 565 g/mol. The molecular weight excluding hydrogens is 551 g/mol. The van der Waals surface area contributed by atoms with Crippen molar-refractivity contribution in [2.24, 2.45) is 0 Å². The predicted molar refractivity (Wildman–Crippen MR) is 115 cm³/mol. The second-order valence-electron chi connectivity index (χ2n) is 6.96. The van der Waals surface area contributed by atoms with Gasteiger partial charge in [0.05, 0.1) is 11.0 Å². The minimum absolute atomic E-state index is 0. The summed E-state index contributed by atoms with van der Waals surface area (Å²) in [7, 11) is 0. The summed E-state index contributed by atoms with van der Waals surface area (Å²) in [4.78, 5) is 18.0. The van der Waals surface area contributed by atoms with Crippen molar-refractivity contribution >= 4 is 32.6 Å². The quantitative estimate of drug-likeness (QED) is 0.208. The summed E-state index contributed by atoms with van der Waals surface area (Å²) < 4.78 is 0. The molecule has 0 N–H and O–H groups in total. The van der Waals surface area contributed by atoms with Crippen LogP contribution in [0.4, 0.5) is 0 Å². The van der Waals surface area contributed by atoms with Gasteiger partial charge in [0.2, 0.25) is 0 Å². The number of nitrogens with zero attached hydrogens (tertiary/aromatic N) is 4. The van der Waals surface area contributed by atoms with Gasteiger partial charge >= 0.3 is 21.1 Å². The number of pyridine rings is 2. The first-order valence-corrected chi connectivity index (χ1v) is 9.40. The fraction of sp³-hybridized carbons (Fsp3) is 0. The SMILES string of the molecule is [Pt+2].[c-]1c(-c2ccc3ccc4ccc5cccnc5c4c3n2)cccc1-c1cnc[n-]1. The molecule has 0 bridgehead atoms. The fourth-order valence-electron chi connectivity index (χ4n) is 3.82. The smallest absolute Gasteiger partial charge is 0.479 e. The maximum Gasteiger partial charge on any atom is 2.00 e. The minimum Gasteiger partial charge on any atom is -0.479 e. The molecule has 0 aliphatic rings. The van der Waals surface area contributed by atoms with Crippen molar-refractivity contribution in [2.75, 3.05) is 0 Å². The third kappa shape index (κ3) is 3.01. The van der Waals surface area contributed by atoms with Crippen molar-refractivity contribution in [1.29, 1.82) is 0 Å². The molecule has 0 saturated carbocycles. The number of hydrogen-bond donors (Lipinski definition) is 0. The first-order valence-electron chi connectivity index (χ1n) is 9.40. The van der Waals surface area contributed by atoms with Gasteiger partial charge in [-0.05, 0) is 16.8 Å². The molecule has 3 aromatic carbocycles. The zero-order valence-corrected chi connectivity index (χ0v) is 18.0. The normalized spacial score (nSPS) is 11.1. The van der Waals surface area contributed by atoms with Crippen LogP contribution in [-0.4, -0.2) is 15.0 Å². The van der Waals surface area contributed by atoms with E-state index in [-0.39, 0.29) is 21.1 Å². The van der Waals surface area contributed by atoms with Crippen LogP contribution in [0.1, 0.15) is 0 Å². The van der Waals surface area contributed by atoms with Crippen LogP contribution in [0.3, 0.4) is 0 Å². The molecule has 0 radical (unpaired) electrons. The zero-order valence-electron chi connectivity index (χ0n) is 15.7. The maximum absolute atomic E-state index is 5.04. The molecule has 0 amide bonds. The van der Waals surface area contributed by atoms with Crippen LogP contribution in [0, 0.1) is 6.07 Å². The molecule has 0 unspecified atom stereocenters. The van der Waals surface area contributed by atoms with Crippen molar-refractivity contribution in [2.45, 2.75) is 0 Å². The molecule has 6 rings (SSSR count). The van der Waals surface area contributed by atoms with Crippen molar-refractivity contribution in [3.8, 4) is 22.5 Å². The molecule has 0 saturated heterocycles. The Bertz CT molecular complexity index is 1500. The van der Waals surface area contributed by atoms with Crippen LogP contribution in [0.15, 0.2) is 85.5 Å². The molecule has 0 atom stereocenters. The van der Waals surface area contributed by atoms with E-state index in [2.05, 4.69) is 57.4 Å². The molecule has 3 aromatic heterocycles. The summed E-state index contributed by atoms with van der Waals surface area (Å²) in [6.45, 7) is 0. The second-order valence-corrected chi connectivity index (χ2v) is 6.96. The molecule has 4 nitrogen and oxygen atoms in total. The fourth-order valence-corrected chi connectivity index (χ4v) is 3.82. The van der Waals surface area contributed by atoms with E-state index in [1.807, 2.05) is 36.5 Å². The Labute approximate surface area is 187 Å². The first kappa shape index (κ1) is 18.7. The molecule has 0 aliphatic carbocycles. The maximum atomic E-state index is 5.04.